The zero-order valence-electron chi connectivity index (χ0n) is 18.5. The summed E-state index contributed by atoms with van der Waals surface area (Å²) in [6, 6.07) is 15.7. The highest BCUT2D eigenvalue weighted by atomic mass is 32.2. The molecule has 0 saturated heterocycles. The third-order valence-corrected chi connectivity index (χ3v) is 7.41. The van der Waals surface area contributed by atoms with Crippen molar-refractivity contribution in [1.29, 1.82) is 0 Å². The van der Waals surface area contributed by atoms with Crippen LogP contribution in [0.2, 0.25) is 0 Å². The van der Waals surface area contributed by atoms with Gasteiger partial charge in [-0.05, 0) is 73.0 Å². The van der Waals surface area contributed by atoms with Crippen LogP contribution in [-0.2, 0) is 14.6 Å². The number of amides is 2. The topological polar surface area (TPSA) is 105 Å². The van der Waals surface area contributed by atoms with Gasteiger partial charge in [0.1, 0.15) is 0 Å². The van der Waals surface area contributed by atoms with Crippen LogP contribution in [0, 0.1) is 0 Å². The Morgan fingerprint density at radius 1 is 0.941 bits per heavy atom. The average Bonchev–Trinajstić information content (AvgIpc) is 3.37. The Labute approximate surface area is 198 Å². The number of nitrogens with zero attached hydrogens (tertiary/aromatic N) is 1. The lowest BCUT2D eigenvalue weighted by Crippen LogP contribution is -2.32. The van der Waals surface area contributed by atoms with Crippen molar-refractivity contribution in [3.05, 3.63) is 90.3 Å². The molecule has 2 amide bonds. The zero-order chi connectivity index (χ0) is 24.0. The molecule has 0 bridgehead atoms. The Balaban J connectivity index is 1.44. The molecule has 7 nitrogen and oxygen atoms in total. The van der Waals surface area contributed by atoms with E-state index in [9.17, 15) is 18.0 Å². The molecule has 2 aromatic carbocycles. The maximum absolute atomic E-state index is 13.1. The molecule has 1 heterocycles. The Kier molecular flexibility index (Phi) is 7.18. The number of carbonyl (C=O) groups is 2. The minimum Gasteiger partial charge on any atom is -0.349 e. The van der Waals surface area contributed by atoms with Gasteiger partial charge in [-0.3, -0.25) is 14.6 Å². The molecule has 1 aromatic heterocycles. The van der Waals surface area contributed by atoms with Crippen molar-refractivity contribution < 1.29 is 18.0 Å². The normalized spacial score (nSPS) is 14.2. The van der Waals surface area contributed by atoms with E-state index in [2.05, 4.69) is 15.6 Å². The Morgan fingerprint density at radius 3 is 2.41 bits per heavy atom. The van der Waals surface area contributed by atoms with Crippen LogP contribution in [0.3, 0.4) is 0 Å². The summed E-state index contributed by atoms with van der Waals surface area (Å²) >= 11 is 0. The highest BCUT2D eigenvalue weighted by Gasteiger charge is 2.21. The maximum Gasteiger partial charge on any atom is 0.251 e. The quantitative estimate of drug-likeness (QED) is 0.498. The number of carbonyl (C=O) groups excluding carboxylic acids is 2. The van der Waals surface area contributed by atoms with Crippen molar-refractivity contribution in [1.82, 2.24) is 10.3 Å². The average molecular weight is 476 g/mol. The molecule has 3 aromatic rings. The van der Waals surface area contributed by atoms with Crippen LogP contribution < -0.4 is 10.6 Å². The van der Waals surface area contributed by atoms with E-state index in [0.717, 1.165) is 31.2 Å². The van der Waals surface area contributed by atoms with Gasteiger partial charge >= 0.3 is 0 Å². The lowest BCUT2D eigenvalue weighted by molar-refractivity contribution is -0.111. The fourth-order valence-electron chi connectivity index (χ4n) is 3.83. The standard InChI is InChI=1S/C26H25N3O4S/c30-25(15-10-19-5-4-16-27-18-19)28-22-11-13-23(14-12-22)34(32,33)24-9-3-6-20(17-24)26(31)29-21-7-1-2-8-21/h3-6,9-18,21H,1-2,7-8H2,(H,28,30)(H,29,31)/b15-10+. The number of hydrogen-bond donors (Lipinski definition) is 2. The minimum atomic E-state index is -3.83. The first kappa shape index (κ1) is 23.4. The van der Waals surface area contributed by atoms with Gasteiger partial charge in [-0.15, -0.1) is 0 Å². The molecule has 0 unspecified atom stereocenters. The van der Waals surface area contributed by atoms with E-state index in [1.54, 1.807) is 36.7 Å². The van der Waals surface area contributed by atoms with Crippen molar-refractivity contribution in [3.63, 3.8) is 0 Å². The number of nitrogens with one attached hydrogen (secondary N) is 2. The van der Waals surface area contributed by atoms with Gasteiger partial charge < -0.3 is 10.6 Å². The number of aromatic nitrogens is 1. The summed E-state index contributed by atoms with van der Waals surface area (Å²) < 4.78 is 26.2. The lowest BCUT2D eigenvalue weighted by atomic mass is 10.2. The van der Waals surface area contributed by atoms with E-state index in [0.29, 0.717) is 11.3 Å². The van der Waals surface area contributed by atoms with Crippen LogP contribution in [0.1, 0.15) is 41.6 Å². The summed E-state index contributed by atoms with van der Waals surface area (Å²) in [5, 5.41) is 5.67. The molecule has 1 aliphatic carbocycles. The molecule has 2 N–H and O–H groups in total. The van der Waals surface area contributed by atoms with Crippen LogP contribution in [-0.4, -0.2) is 31.3 Å². The molecular weight excluding hydrogens is 450 g/mol. The lowest BCUT2D eigenvalue weighted by Gasteiger charge is -2.13. The van der Waals surface area contributed by atoms with Crippen molar-refractivity contribution in [2.24, 2.45) is 0 Å². The summed E-state index contributed by atoms with van der Waals surface area (Å²) in [5.74, 6) is -0.609. The first-order valence-corrected chi connectivity index (χ1v) is 12.6. The molecule has 0 atom stereocenters. The molecule has 1 fully saturated rings. The Bertz CT molecular complexity index is 1300. The van der Waals surface area contributed by atoms with Gasteiger partial charge in [0, 0.05) is 35.8 Å². The molecule has 4 rings (SSSR count). The highest BCUT2D eigenvalue weighted by Crippen LogP contribution is 2.24. The summed E-state index contributed by atoms with van der Waals surface area (Å²) in [6.45, 7) is 0. The molecule has 34 heavy (non-hydrogen) atoms. The first-order chi connectivity index (χ1) is 16.4. The van der Waals surface area contributed by atoms with Gasteiger partial charge in [-0.25, -0.2) is 8.42 Å². The molecule has 0 spiro atoms. The van der Waals surface area contributed by atoms with Crippen molar-refractivity contribution >= 4 is 33.4 Å². The number of hydrogen-bond acceptors (Lipinski definition) is 5. The van der Waals surface area contributed by atoms with E-state index in [1.807, 2.05) is 6.07 Å². The van der Waals surface area contributed by atoms with Crippen LogP contribution in [0.4, 0.5) is 5.69 Å². The summed E-state index contributed by atoms with van der Waals surface area (Å²) in [4.78, 5) is 28.8. The predicted octanol–water partition coefficient (Wildman–Crippen LogP) is 4.24. The summed E-state index contributed by atoms with van der Waals surface area (Å²) in [5.41, 5.74) is 1.57. The third-order valence-electron chi connectivity index (χ3n) is 5.64. The largest absolute Gasteiger partial charge is 0.349 e. The number of rotatable bonds is 7. The Hall–Kier alpha value is -3.78. The van der Waals surface area contributed by atoms with Gasteiger partial charge in [0.2, 0.25) is 15.7 Å². The van der Waals surface area contributed by atoms with Crippen molar-refractivity contribution in [2.45, 2.75) is 41.5 Å². The van der Waals surface area contributed by atoms with Crippen molar-refractivity contribution in [2.75, 3.05) is 5.32 Å². The number of benzene rings is 2. The smallest absolute Gasteiger partial charge is 0.251 e. The minimum absolute atomic E-state index is 0.0442. The number of sulfone groups is 1. The first-order valence-electron chi connectivity index (χ1n) is 11.1. The van der Waals surface area contributed by atoms with Crippen LogP contribution in [0.25, 0.3) is 6.08 Å². The second-order valence-corrected chi connectivity index (χ2v) is 10.1. The van der Waals surface area contributed by atoms with Gasteiger partial charge in [0.15, 0.2) is 0 Å². The van der Waals surface area contributed by atoms with E-state index >= 15 is 0 Å². The fourth-order valence-corrected chi connectivity index (χ4v) is 5.13. The van der Waals surface area contributed by atoms with E-state index in [-0.39, 0.29) is 27.6 Å². The van der Waals surface area contributed by atoms with Crippen LogP contribution in [0.5, 0.6) is 0 Å². The summed E-state index contributed by atoms with van der Waals surface area (Å²) in [7, 11) is -3.83. The molecule has 0 radical (unpaired) electrons. The van der Waals surface area contributed by atoms with Gasteiger partial charge in [-0.2, -0.15) is 0 Å². The van der Waals surface area contributed by atoms with Gasteiger partial charge in [0.25, 0.3) is 5.91 Å². The third kappa shape index (κ3) is 5.77. The fraction of sp³-hybridized carbons (Fsp3) is 0.192. The second kappa shape index (κ2) is 10.4. The molecule has 174 valence electrons. The van der Waals surface area contributed by atoms with E-state index < -0.39 is 9.84 Å². The summed E-state index contributed by atoms with van der Waals surface area (Å²) in [6.07, 6.45) is 10.4. The molecular formula is C26H25N3O4S. The van der Waals surface area contributed by atoms with E-state index in [1.165, 1.54) is 42.5 Å². The van der Waals surface area contributed by atoms with E-state index in [4.69, 9.17) is 0 Å². The highest BCUT2D eigenvalue weighted by molar-refractivity contribution is 7.91. The predicted molar refractivity (Wildman–Crippen MR) is 130 cm³/mol. The molecule has 1 saturated carbocycles. The SMILES string of the molecule is O=C(/C=C/c1cccnc1)Nc1ccc(S(=O)(=O)c2cccc(C(=O)NC3CCCC3)c2)cc1. The van der Waals surface area contributed by atoms with Gasteiger partial charge in [-0.1, -0.05) is 25.0 Å². The number of anilines is 1. The Morgan fingerprint density at radius 2 is 1.71 bits per heavy atom. The van der Waals surface area contributed by atoms with Crippen LogP contribution in [0.15, 0.2) is 88.9 Å². The molecule has 0 aliphatic heterocycles. The maximum atomic E-state index is 13.1. The van der Waals surface area contributed by atoms with Gasteiger partial charge in [0.05, 0.1) is 9.79 Å². The van der Waals surface area contributed by atoms with Crippen LogP contribution >= 0.6 is 0 Å². The van der Waals surface area contributed by atoms with Crippen molar-refractivity contribution in [3.8, 4) is 0 Å². The molecule has 8 heteroatoms. The zero-order valence-corrected chi connectivity index (χ0v) is 19.3. The second-order valence-electron chi connectivity index (χ2n) is 8.12. The molecule has 1 aliphatic rings. The number of pyridine rings is 1. The monoisotopic (exact) mass is 475 g/mol.